The van der Waals surface area contributed by atoms with Crippen LogP contribution in [0.1, 0.15) is 23.7 Å². The summed E-state index contributed by atoms with van der Waals surface area (Å²) in [5.74, 6) is -0.566. The van der Waals surface area contributed by atoms with Gasteiger partial charge in [-0.3, -0.25) is 4.98 Å². The number of anilines is 1. The van der Waals surface area contributed by atoms with Crippen molar-refractivity contribution in [2.45, 2.75) is 19.4 Å². The van der Waals surface area contributed by atoms with Gasteiger partial charge in [0.2, 0.25) is 5.95 Å². The summed E-state index contributed by atoms with van der Waals surface area (Å²) in [5.41, 5.74) is 1.35. The second-order valence-corrected chi connectivity index (χ2v) is 7.81. The molecule has 2 aliphatic heterocycles. The van der Waals surface area contributed by atoms with Crippen molar-refractivity contribution in [3.63, 3.8) is 0 Å². The van der Waals surface area contributed by atoms with Crippen molar-refractivity contribution in [2.75, 3.05) is 31.1 Å². The maximum absolute atomic E-state index is 14.3. The van der Waals surface area contributed by atoms with Crippen molar-refractivity contribution in [2.24, 2.45) is 5.10 Å². The van der Waals surface area contributed by atoms with Gasteiger partial charge in [-0.2, -0.15) is 15.2 Å². The third-order valence-electron chi connectivity index (χ3n) is 5.72. The molecule has 10 nitrogen and oxygen atoms in total. The molecule has 0 N–H and O–H groups in total. The molecule has 0 aromatic carbocycles. The van der Waals surface area contributed by atoms with Crippen LogP contribution >= 0.6 is 0 Å². The standard InChI is InChI=1S/C21H21F2N9O/c1-14-2-4-26-31(14)19-17(23)13-25-20(28-19)29-6-8-30(9-7-29)21(33)32-18(3-5-27-32)15-10-16(22)12-24-11-15/h2,4-5,10-13,18H,3,6-9H2,1H3/t18-/m0/s1. The Morgan fingerprint density at radius 2 is 1.94 bits per heavy atom. The number of aryl methyl sites for hydroxylation is 1. The summed E-state index contributed by atoms with van der Waals surface area (Å²) >= 11 is 0. The van der Waals surface area contributed by atoms with E-state index in [2.05, 4.69) is 25.2 Å². The predicted molar refractivity (Wildman–Crippen MR) is 115 cm³/mol. The molecule has 5 heterocycles. The number of urea groups is 1. The van der Waals surface area contributed by atoms with Gasteiger partial charge >= 0.3 is 6.03 Å². The smallest absolute Gasteiger partial charge is 0.337 e. The first kappa shape index (κ1) is 20.9. The first-order valence-electron chi connectivity index (χ1n) is 10.5. The number of amides is 2. The summed E-state index contributed by atoms with van der Waals surface area (Å²) < 4.78 is 29.4. The number of hydrogen-bond acceptors (Lipinski definition) is 7. The topological polar surface area (TPSA) is 95.6 Å². The van der Waals surface area contributed by atoms with Crippen LogP contribution < -0.4 is 4.90 Å². The van der Waals surface area contributed by atoms with Gasteiger partial charge in [-0.15, -0.1) is 0 Å². The molecular weight excluding hydrogens is 432 g/mol. The van der Waals surface area contributed by atoms with Gasteiger partial charge in [-0.05, 0) is 24.6 Å². The third-order valence-corrected chi connectivity index (χ3v) is 5.72. The Bertz CT molecular complexity index is 1210. The highest BCUT2D eigenvalue weighted by Crippen LogP contribution is 2.29. The molecule has 0 radical (unpaired) electrons. The average molecular weight is 453 g/mol. The zero-order valence-corrected chi connectivity index (χ0v) is 17.8. The van der Waals surface area contributed by atoms with E-state index in [-0.39, 0.29) is 17.9 Å². The zero-order chi connectivity index (χ0) is 22.9. The molecule has 0 bridgehead atoms. The van der Waals surface area contributed by atoms with Crippen LogP contribution in [0.4, 0.5) is 19.5 Å². The van der Waals surface area contributed by atoms with Gasteiger partial charge in [0.25, 0.3) is 0 Å². The highest BCUT2D eigenvalue weighted by atomic mass is 19.1. The maximum atomic E-state index is 14.3. The molecule has 1 saturated heterocycles. The zero-order valence-electron chi connectivity index (χ0n) is 17.8. The third kappa shape index (κ3) is 3.99. The highest BCUT2D eigenvalue weighted by Gasteiger charge is 2.33. The van der Waals surface area contributed by atoms with Gasteiger partial charge in [0.05, 0.1) is 18.4 Å². The fourth-order valence-corrected chi connectivity index (χ4v) is 3.97. The largest absolute Gasteiger partial charge is 0.341 e. The van der Waals surface area contributed by atoms with Gasteiger partial charge in [0.1, 0.15) is 5.82 Å². The lowest BCUT2D eigenvalue weighted by atomic mass is 10.1. The van der Waals surface area contributed by atoms with E-state index < -0.39 is 11.6 Å². The number of hydrazone groups is 1. The molecule has 3 aromatic heterocycles. The summed E-state index contributed by atoms with van der Waals surface area (Å²) in [5, 5.41) is 9.70. The molecule has 0 unspecified atom stereocenters. The van der Waals surface area contributed by atoms with Crippen LogP contribution in [0.25, 0.3) is 5.82 Å². The number of nitrogens with zero attached hydrogens (tertiary/aromatic N) is 9. The van der Waals surface area contributed by atoms with Crippen LogP contribution in [-0.2, 0) is 0 Å². The predicted octanol–water partition coefficient (Wildman–Crippen LogP) is 2.32. The first-order chi connectivity index (χ1) is 16.0. The fraction of sp³-hybridized carbons (Fsp3) is 0.333. The molecule has 2 aliphatic rings. The van der Waals surface area contributed by atoms with E-state index in [0.29, 0.717) is 44.1 Å². The minimum absolute atomic E-state index is 0.0824. The SMILES string of the molecule is Cc1ccnn1-c1nc(N2CCN(C(=O)N3N=CC[C@H]3c3cncc(F)c3)CC2)ncc1F. The Balaban J connectivity index is 1.27. The quantitative estimate of drug-likeness (QED) is 0.604. The van der Waals surface area contributed by atoms with Gasteiger partial charge in [0, 0.05) is 56.9 Å². The second kappa shape index (κ2) is 8.52. The van der Waals surface area contributed by atoms with Crippen LogP contribution in [0.15, 0.2) is 42.0 Å². The molecule has 0 aliphatic carbocycles. The number of aromatic nitrogens is 5. The van der Waals surface area contributed by atoms with Crippen molar-refractivity contribution in [3.8, 4) is 5.82 Å². The van der Waals surface area contributed by atoms with Crippen molar-refractivity contribution < 1.29 is 13.6 Å². The van der Waals surface area contributed by atoms with Crippen molar-refractivity contribution in [3.05, 3.63) is 59.8 Å². The molecule has 1 atom stereocenters. The Kier molecular flexibility index (Phi) is 5.40. The minimum atomic E-state index is -0.566. The van der Waals surface area contributed by atoms with E-state index in [1.165, 1.54) is 15.8 Å². The molecule has 0 spiro atoms. The second-order valence-electron chi connectivity index (χ2n) is 7.81. The minimum Gasteiger partial charge on any atom is -0.337 e. The Morgan fingerprint density at radius 3 is 2.67 bits per heavy atom. The number of rotatable bonds is 3. The van der Waals surface area contributed by atoms with Gasteiger partial charge in [-0.25, -0.2) is 28.3 Å². The van der Waals surface area contributed by atoms with Gasteiger partial charge in [-0.1, -0.05) is 0 Å². The van der Waals surface area contributed by atoms with E-state index in [1.54, 1.807) is 29.6 Å². The Labute approximate surface area is 188 Å². The summed E-state index contributed by atoms with van der Waals surface area (Å²) in [4.78, 5) is 29.1. The van der Waals surface area contributed by atoms with Crippen molar-refractivity contribution in [1.29, 1.82) is 0 Å². The summed E-state index contributed by atoms with van der Waals surface area (Å²) in [6, 6.07) is 2.49. The van der Waals surface area contributed by atoms with Gasteiger partial charge in [0.15, 0.2) is 11.6 Å². The van der Waals surface area contributed by atoms with E-state index in [4.69, 9.17) is 0 Å². The molecule has 0 saturated carbocycles. The summed E-state index contributed by atoms with van der Waals surface area (Å²) in [6.07, 6.45) is 7.53. The van der Waals surface area contributed by atoms with E-state index in [9.17, 15) is 13.6 Å². The average Bonchev–Trinajstić information content (AvgIpc) is 3.48. The highest BCUT2D eigenvalue weighted by molar-refractivity contribution is 5.78. The van der Waals surface area contributed by atoms with Crippen LogP contribution in [0.2, 0.25) is 0 Å². The number of carbonyl (C=O) groups excluding carboxylic acids is 1. The number of pyridine rings is 1. The van der Waals surface area contributed by atoms with E-state index in [0.717, 1.165) is 18.1 Å². The van der Waals surface area contributed by atoms with Crippen LogP contribution in [0.3, 0.4) is 0 Å². The molecule has 5 rings (SSSR count). The Morgan fingerprint density at radius 1 is 1.12 bits per heavy atom. The normalized spacial score (nSPS) is 18.3. The van der Waals surface area contributed by atoms with Crippen LogP contribution in [0.5, 0.6) is 0 Å². The van der Waals surface area contributed by atoms with Crippen molar-refractivity contribution >= 4 is 18.2 Å². The summed E-state index contributed by atoms with van der Waals surface area (Å²) in [6.45, 7) is 3.58. The number of carbonyl (C=O) groups is 1. The molecular formula is C21H21F2N9O. The monoisotopic (exact) mass is 453 g/mol. The van der Waals surface area contributed by atoms with Crippen LogP contribution in [0, 0.1) is 18.6 Å². The molecule has 170 valence electrons. The molecule has 12 heteroatoms. The summed E-state index contributed by atoms with van der Waals surface area (Å²) in [7, 11) is 0. The molecule has 3 aromatic rings. The van der Waals surface area contributed by atoms with E-state index >= 15 is 0 Å². The van der Waals surface area contributed by atoms with Crippen LogP contribution in [-0.4, -0.2) is 73.1 Å². The first-order valence-corrected chi connectivity index (χ1v) is 10.5. The number of piperazine rings is 1. The lowest BCUT2D eigenvalue weighted by Crippen LogP contribution is -2.52. The number of halogens is 2. The van der Waals surface area contributed by atoms with Crippen molar-refractivity contribution in [1.82, 2.24) is 34.6 Å². The molecule has 1 fully saturated rings. The lowest BCUT2D eigenvalue weighted by molar-refractivity contribution is 0.139. The number of hydrogen-bond donors (Lipinski definition) is 0. The lowest BCUT2D eigenvalue weighted by Gasteiger charge is -2.37. The van der Waals surface area contributed by atoms with Gasteiger partial charge < -0.3 is 9.80 Å². The van der Waals surface area contributed by atoms with E-state index in [1.807, 2.05) is 11.8 Å². The fourth-order valence-electron chi connectivity index (χ4n) is 3.97. The molecule has 2 amide bonds. The Hall–Kier alpha value is -3.96. The maximum Gasteiger partial charge on any atom is 0.341 e. The molecule has 33 heavy (non-hydrogen) atoms.